The lowest BCUT2D eigenvalue weighted by Gasteiger charge is -2.07. The second-order valence-corrected chi connectivity index (χ2v) is 2.43. The van der Waals surface area contributed by atoms with Crippen molar-refractivity contribution in [2.24, 2.45) is 0 Å². The van der Waals surface area contributed by atoms with Crippen molar-refractivity contribution in [3.8, 4) is 0 Å². The van der Waals surface area contributed by atoms with Gasteiger partial charge in [-0.15, -0.1) is 0 Å². The molecule has 0 saturated carbocycles. The van der Waals surface area contributed by atoms with Crippen molar-refractivity contribution in [2.75, 3.05) is 17.7 Å². The highest BCUT2D eigenvalue weighted by molar-refractivity contribution is 5.94. The summed E-state index contributed by atoms with van der Waals surface area (Å²) in [6.45, 7) is 1.10. The number of amides is 1. The molecule has 13 heavy (non-hydrogen) atoms. The van der Waals surface area contributed by atoms with E-state index in [4.69, 9.17) is 10.8 Å². The minimum absolute atomic E-state index is 0.189. The van der Waals surface area contributed by atoms with Crippen LogP contribution in [-0.2, 0) is 4.79 Å². The summed E-state index contributed by atoms with van der Waals surface area (Å²) in [5.41, 5.74) is 6.39. The van der Waals surface area contributed by atoms with E-state index in [1.807, 2.05) is 0 Å². The number of aliphatic hydroxyl groups excluding tert-OH is 1. The van der Waals surface area contributed by atoms with Crippen LogP contribution in [0, 0.1) is 6.92 Å². The normalized spacial score (nSPS) is 9.69. The fraction of sp³-hybridized carbons (Fsp3) is 0.286. The predicted molar refractivity (Wildman–Crippen MR) is 46.9 cm³/mol. The van der Waals surface area contributed by atoms with E-state index in [-0.39, 0.29) is 5.82 Å². The van der Waals surface area contributed by atoms with Gasteiger partial charge >= 0.3 is 0 Å². The van der Waals surface area contributed by atoms with Gasteiger partial charge in [0.25, 0.3) is 0 Å². The number of aliphatic hydroxyl groups is 1. The van der Waals surface area contributed by atoms with E-state index in [0.29, 0.717) is 11.4 Å². The van der Waals surface area contributed by atoms with Gasteiger partial charge in [0.1, 0.15) is 18.6 Å². The molecular weight excluding hydrogens is 172 g/mol. The van der Waals surface area contributed by atoms with Crippen molar-refractivity contribution in [3.63, 3.8) is 0 Å². The van der Waals surface area contributed by atoms with E-state index in [2.05, 4.69) is 15.3 Å². The molecule has 1 rings (SSSR count). The molecule has 0 fully saturated rings. The summed E-state index contributed by atoms with van der Waals surface area (Å²) in [6.07, 6.45) is 1.30. The smallest absolute Gasteiger partial charge is 0.250 e. The van der Waals surface area contributed by atoms with Gasteiger partial charge in [-0.05, 0) is 6.92 Å². The Hall–Kier alpha value is -1.69. The van der Waals surface area contributed by atoms with E-state index in [9.17, 15) is 4.79 Å². The Kier molecular flexibility index (Phi) is 2.76. The fourth-order valence-corrected chi connectivity index (χ4v) is 0.826. The first-order chi connectivity index (χ1) is 6.15. The number of hydrogen-bond donors (Lipinski definition) is 3. The number of anilines is 2. The van der Waals surface area contributed by atoms with Crippen LogP contribution < -0.4 is 11.1 Å². The minimum atomic E-state index is -0.590. The van der Waals surface area contributed by atoms with Crippen LogP contribution in [-0.4, -0.2) is 27.6 Å². The van der Waals surface area contributed by atoms with Crippen LogP contribution in [0.15, 0.2) is 6.33 Å². The fourth-order valence-electron chi connectivity index (χ4n) is 0.826. The largest absolute Gasteiger partial charge is 0.387 e. The van der Waals surface area contributed by atoms with Crippen LogP contribution in [0.25, 0.3) is 0 Å². The second-order valence-electron chi connectivity index (χ2n) is 2.43. The van der Waals surface area contributed by atoms with Gasteiger partial charge in [-0.25, -0.2) is 9.97 Å². The molecular formula is C7H10N4O2. The topological polar surface area (TPSA) is 101 Å². The highest BCUT2D eigenvalue weighted by Crippen LogP contribution is 2.17. The molecule has 0 aromatic carbocycles. The summed E-state index contributed by atoms with van der Waals surface area (Å²) < 4.78 is 0. The molecule has 0 spiro atoms. The molecule has 0 aliphatic rings. The summed E-state index contributed by atoms with van der Waals surface area (Å²) in [5, 5.41) is 10.9. The van der Waals surface area contributed by atoms with Gasteiger partial charge < -0.3 is 16.2 Å². The number of aromatic nitrogens is 2. The molecule has 0 aliphatic carbocycles. The molecule has 1 heterocycles. The zero-order valence-corrected chi connectivity index (χ0v) is 7.11. The van der Waals surface area contributed by atoms with Crippen molar-refractivity contribution in [1.82, 2.24) is 9.97 Å². The second kappa shape index (κ2) is 3.81. The zero-order valence-electron chi connectivity index (χ0n) is 7.11. The highest BCUT2D eigenvalue weighted by atomic mass is 16.3. The number of nitrogens with two attached hydrogens (primary N) is 1. The van der Waals surface area contributed by atoms with E-state index >= 15 is 0 Å². The summed E-state index contributed by atoms with van der Waals surface area (Å²) in [6, 6.07) is 0. The molecule has 0 aliphatic heterocycles. The Morgan fingerprint density at radius 3 is 2.92 bits per heavy atom. The third kappa shape index (κ3) is 2.12. The average molecular weight is 182 g/mol. The van der Waals surface area contributed by atoms with E-state index in [1.54, 1.807) is 6.92 Å². The van der Waals surface area contributed by atoms with Gasteiger partial charge in [-0.3, -0.25) is 4.79 Å². The summed E-state index contributed by atoms with van der Waals surface area (Å²) in [4.78, 5) is 18.4. The monoisotopic (exact) mass is 182 g/mol. The van der Waals surface area contributed by atoms with Crippen LogP contribution in [0.1, 0.15) is 5.69 Å². The Morgan fingerprint density at radius 1 is 1.69 bits per heavy atom. The SMILES string of the molecule is Cc1ncnc(N)c1NC(=O)CO. The van der Waals surface area contributed by atoms with Crippen molar-refractivity contribution in [3.05, 3.63) is 12.0 Å². The first-order valence-electron chi connectivity index (χ1n) is 3.63. The van der Waals surface area contributed by atoms with Gasteiger partial charge in [0.15, 0.2) is 5.82 Å². The molecule has 1 aromatic rings. The zero-order chi connectivity index (χ0) is 9.84. The van der Waals surface area contributed by atoms with Crippen LogP contribution in [0.2, 0.25) is 0 Å². The van der Waals surface area contributed by atoms with Crippen LogP contribution in [0.4, 0.5) is 11.5 Å². The maximum atomic E-state index is 10.8. The molecule has 0 atom stereocenters. The van der Waals surface area contributed by atoms with Gasteiger partial charge in [0.05, 0.1) is 5.69 Å². The van der Waals surface area contributed by atoms with Crippen molar-refractivity contribution in [1.29, 1.82) is 0 Å². The Labute approximate surface area is 74.8 Å². The van der Waals surface area contributed by atoms with Gasteiger partial charge in [0, 0.05) is 0 Å². The number of nitrogen functional groups attached to an aromatic ring is 1. The maximum Gasteiger partial charge on any atom is 0.250 e. The molecule has 6 nitrogen and oxygen atoms in total. The molecule has 0 bridgehead atoms. The summed E-state index contributed by atoms with van der Waals surface area (Å²) >= 11 is 0. The first kappa shape index (κ1) is 9.40. The number of nitrogens with zero attached hydrogens (tertiary/aromatic N) is 2. The van der Waals surface area contributed by atoms with Crippen molar-refractivity contribution >= 4 is 17.4 Å². The molecule has 6 heteroatoms. The molecule has 0 radical (unpaired) electrons. The number of rotatable bonds is 2. The number of carbonyl (C=O) groups excluding carboxylic acids is 1. The third-order valence-electron chi connectivity index (χ3n) is 1.47. The first-order valence-corrected chi connectivity index (χ1v) is 3.63. The lowest BCUT2D eigenvalue weighted by Crippen LogP contribution is -2.18. The minimum Gasteiger partial charge on any atom is -0.387 e. The summed E-state index contributed by atoms with van der Waals surface area (Å²) in [7, 11) is 0. The predicted octanol–water partition coefficient (Wildman–Crippen LogP) is -0.702. The van der Waals surface area contributed by atoms with Crippen LogP contribution >= 0.6 is 0 Å². The molecule has 1 amide bonds. The quantitative estimate of drug-likeness (QED) is 0.561. The molecule has 1 aromatic heterocycles. The van der Waals surface area contributed by atoms with Crippen molar-refractivity contribution < 1.29 is 9.90 Å². The standard InChI is InChI=1S/C7H10N4O2/c1-4-6(11-5(13)2-12)7(8)10-3-9-4/h3,12H,2H2,1H3,(H,11,13)(H2,8,9,10). The van der Waals surface area contributed by atoms with E-state index in [1.165, 1.54) is 6.33 Å². The molecule has 0 unspecified atom stereocenters. The Morgan fingerprint density at radius 2 is 2.38 bits per heavy atom. The van der Waals surface area contributed by atoms with E-state index < -0.39 is 12.5 Å². The van der Waals surface area contributed by atoms with Gasteiger partial charge in [0.2, 0.25) is 5.91 Å². The van der Waals surface area contributed by atoms with Gasteiger partial charge in [-0.2, -0.15) is 0 Å². The number of nitrogens with one attached hydrogen (secondary N) is 1. The third-order valence-corrected chi connectivity index (χ3v) is 1.47. The van der Waals surface area contributed by atoms with Crippen LogP contribution in [0.5, 0.6) is 0 Å². The molecule has 0 saturated heterocycles. The number of carbonyl (C=O) groups is 1. The maximum absolute atomic E-state index is 10.8. The summed E-state index contributed by atoms with van der Waals surface area (Å²) in [5.74, 6) is -0.348. The lowest BCUT2D eigenvalue weighted by atomic mass is 10.3. The van der Waals surface area contributed by atoms with Crippen LogP contribution in [0.3, 0.4) is 0 Å². The average Bonchev–Trinajstić information content (AvgIpc) is 2.11. The Bertz CT molecular complexity index is 306. The number of hydrogen-bond acceptors (Lipinski definition) is 5. The van der Waals surface area contributed by atoms with Gasteiger partial charge in [-0.1, -0.05) is 0 Å². The highest BCUT2D eigenvalue weighted by Gasteiger charge is 2.07. The molecule has 70 valence electrons. The van der Waals surface area contributed by atoms with Crippen molar-refractivity contribution in [2.45, 2.75) is 6.92 Å². The van der Waals surface area contributed by atoms with E-state index in [0.717, 1.165) is 0 Å². The Balaban J connectivity index is 2.93. The molecule has 4 N–H and O–H groups in total. The lowest BCUT2D eigenvalue weighted by molar-refractivity contribution is -0.118. The number of aryl methyl sites for hydroxylation is 1.